The van der Waals surface area contributed by atoms with Gasteiger partial charge in [0.05, 0.1) is 0 Å². The zero-order valence-corrected chi connectivity index (χ0v) is 10.9. The van der Waals surface area contributed by atoms with Crippen molar-refractivity contribution in [2.45, 2.75) is 25.9 Å². The molecular weight excluding hydrogens is 264 g/mol. The first-order valence-corrected chi connectivity index (χ1v) is 6.27. The molecule has 0 amide bonds. The number of fused-ring (bicyclic) bond motifs is 3. The standard InChI is InChI=1S/C14H13BrO/c1-8-5-9(2)14-12(6-8)11-4-3-10(15)7-13(11)16-14/h3-7,12,14H,1-2H3. The minimum Gasteiger partial charge on any atom is -0.485 e. The van der Waals surface area contributed by atoms with E-state index in [1.165, 1.54) is 16.7 Å². The van der Waals surface area contributed by atoms with Gasteiger partial charge < -0.3 is 4.74 Å². The monoisotopic (exact) mass is 276 g/mol. The molecule has 16 heavy (non-hydrogen) atoms. The molecule has 0 saturated carbocycles. The molecule has 3 rings (SSSR count). The summed E-state index contributed by atoms with van der Waals surface area (Å²) in [6.45, 7) is 4.30. The van der Waals surface area contributed by atoms with Crippen LogP contribution in [0, 0.1) is 0 Å². The van der Waals surface area contributed by atoms with Gasteiger partial charge in [0.25, 0.3) is 0 Å². The fraction of sp³-hybridized carbons (Fsp3) is 0.286. The number of hydrogen-bond donors (Lipinski definition) is 0. The van der Waals surface area contributed by atoms with Gasteiger partial charge in [-0.25, -0.2) is 0 Å². The molecule has 2 unspecified atom stereocenters. The Balaban J connectivity index is 2.11. The van der Waals surface area contributed by atoms with Gasteiger partial charge in [-0.1, -0.05) is 39.7 Å². The summed E-state index contributed by atoms with van der Waals surface area (Å²) in [6, 6.07) is 6.30. The van der Waals surface area contributed by atoms with Gasteiger partial charge in [-0.2, -0.15) is 0 Å². The first-order valence-electron chi connectivity index (χ1n) is 5.48. The molecule has 82 valence electrons. The number of halogens is 1. The minimum absolute atomic E-state index is 0.202. The van der Waals surface area contributed by atoms with E-state index in [4.69, 9.17) is 4.74 Å². The molecule has 0 N–H and O–H groups in total. The fourth-order valence-corrected chi connectivity index (χ4v) is 2.92. The largest absolute Gasteiger partial charge is 0.485 e. The summed E-state index contributed by atoms with van der Waals surface area (Å²) in [5.74, 6) is 1.41. The van der Waals surface area contributed by atoms with Gasteiger partial charge in [0, 0.05) is 16.0 Å². The number of hydrogen-bond acceptors (Lipinski definition) is 1. The molecule has 0 aromatic heterocycles. The summed E-state index contributed by atoms with van der Waals surface area (Å²) >= 11 is 3.48. The molecule has 1 aliphatic carbocycles. The maximum absolute atomic E-state index is 6.01. The maximum atomic E-state index is 6.01. The van der Waals surface area contributed by atoms with E-state index in [2.05, 4.69) is 60.1 Å². The van der Waals surface area contributed by atoms with Gasteiger partial charge >= 0.3 is 0 Å². The van der Waals surface area contributed by atoms with Crippen LogP contribution in [0.5, 0.6) is 5.75 Å². The zero-order valence-electron chi connectivity index (χ0n) is 9.33. The Kier molecular flexibility index (Phi) is 2.21. The lowest BCUT2D eigenvalue weighted by Gasteiger charge is -2.21. The van der Waals surface area contributed by atoms with E-state index < -0.39 is 0 Å². The molecule has 2 heteroatoms. The summed E-state index contributed by atoms with van der Waals surface area (Å²) in [4.78, 5) is 0. The van der Waals surface area contributed by atoms with Crippen LogP contribution >= 0.6 is 15.9 Å². The second-order valence-electron chi connectivity index (χ2n) is 4.55. The lowest BCUT2D eigenvalue weighted by atomic mass is 9.85. The molecule has 2 atom stereocenters. The Bertz CT molecular complexity index is 513. The topological polar surface area (TPSA) is 9.23 Å². The third-order valence-corrected chi connectivity index (χ3v) is 3.75. The molecule has 1 aromatic carbocycles. The molecule has 1 nitrogen and oxygen atoms in total. The second kappa shape index (κ2) is 3.49. The van der Waals surface area contributed by atoms with Gasteiger partial charge in [0.15, 0.2) is 0 Å². The summed E-state index contributed by atoms with van der Waals surface area (Å²) in [6.07, 6.45) is 4.72. The predicted molar refractivity (Wildman–Crippen MR) is 68.8 cm³/mol. The van der Waals surface area contributed by atoms with E-state index in [1.807, 2.05) is 0 Å². The molecule has 1 aromatic rings. The van der Waals surface area contributed by atoms with Crippen LogP contribution in [0.2, 0.25) is 0 Å². The number of allylic oxidation sites excluding steroid dienone is 2. The van der Waals surface area contributed by atoms with Crippen molar-refractivity contribution >= 4 is 15.9 Å². The molecule has 1 aliphatic heterocycles. The first kappa shape index (κ1) is 10.2. The first-order chi connectivity index (χ1) is 7.65. The van der Waals surface area contributed by atoms with Gasteiger partial charge in [-0.3, -0.25) is 0 Å². The fourth-order valence-electron chi connectivity index (χ4n) is 2.58. The van der Waals surface area contributed by atoms with Crippen molar-refractivity contribution in [1.29, 1.82) is 0 Å². The zero-order chi connectivity index (χ0) is 11.3. The van der Waals surface area contributed by atoms with Gasteiger partial charge in [0.1, 0.15) is 11.9 Å². The number of rotatable bonds is 0. The highest BCUT2D eigenvalue weighted by Gasteiger charge is 2.35. The third-order valence-electron chi connectivity index (χ3n) is 3.26. The summed E-state index contributed by atoms with van der Waals surface area (Å²) in [5, 5.41) is 0. The molecule has 0 bridgehead atoms. The van der Waals surface area contributed by atoms with Crippen LogP contribution < -0.4 is 4.74 Å². The van der Waals surface area contributed by atoms with Crippen LogP contribution in [-0.2, 0) is 0 Å². The summed E-state index contributed by atoms with van der Waals surface area (Å²) in [7, 11) is 0. The molecule has 1 heterocycles. The van der Waals surface area contributed by atoms with Crippen LogP contribution in [0.4, 0.5) is 0 Å². The van der Waals surface area contributed by atoms with Gasteiger partial charge in [0.2, 0.25) is 0 Å². The Morgan fingerprint density at radius 1 is 1.25 bits per heavy atom. The smallest absolute Gasteiger partial charge is 0.130 e. The summed E-state index contributed by atoms with van der Waals surface area (Å²) < 4.78 is 7.09. The van der Waals surface area contributed by atoms with Crippen molar-refractivity contribution in [2.24, 2.45) is 0 Å². The van der Waals surface area contributed by atoms with Crippen molar-refractivity contribution in [1.82, 2.24) is 0 Å². The van der Waals surface area contributed by atoms with Crippen molar-refractivity contribution < 1.29 is 4.74 Å². The van der Waals surface area contributed by atoms with Crippen molar-refractivity contribution in [3.05, 3.63) is 51.5 Å². The Labute approximate surface area is 104 Å². The molecular formula is C14H13BrO. The maximum Gasteiger partial charge on any atom is 0.130 e. The molecule has 0 radical (unpaired) electrons. The highest BCUT2D eigenvalue weighted by molar-refractivity contribution is 9.10. The molecule has 0 spiro atoms. The van der Waals surface area contributed by atoms with Crippen LogP contribution in [0.15, 0.2) is 46.0 Å². The van der Waals surface area contributed by atoms with Crippen molar-refractivity contribution in [3.63, 3.8) is 0 Å². The van der Waals surface area contributed by atoms with E-state index in [-0.39, 0.29) is 6.10 Å². The van der Waals surface area contributed by atoms with E-state index in [0.29, 0.717) is 5.92 Å². The van der Waals surface area contributed by atoms with Gasteiger partial charge in [-0.05, 0) is 31.6 Å². The second-order valence-corrected chi connectivity index (χ2v) is 5.46. The summed E-state index contributed by atoms with van der Waals surface area (Å²) in [5.41, 5.74) is 3.95. The quantitative estimate of drug-likeness (QED) is 0.690. The lowest BCUT2D eigenvalue weighted by Crippen LogP contribution is -2.21. The minimum atomic E-state index is 0.202. The average Bonchev–Trinajstić information content (AvgIpc) is 2.56. The van der Waals surface area contributed by atoms with Crippen LogP contribution in [-0.4, -0.2) is 6.10 Å². The van der Waals surface area contributed by atoms with E-state index >= 15 is 0 Å². The predicted octanol–water partition coefficient (Wildman–Crippen LogP) is 4.20. The van der Waals surface area contributed by atoms with E-state index in [0.717, 1.165) is 10.2 Å². The normalized spacial score (nSPS) is 26.4. The Morgan fingerprint density at radius 3 is 2.88 bits per heavy atom. The molecule has 0 fully saturated rings. The van der Waals surface area contributed by atoms with Crippen molar-refractivity contribution in [3.8, 4) is 5.75 Å². The van der Waals surface area contributed by atoms with Crippen LogP contribution in [0.3, 0.4) is 0 Å². The Morgan fingerprint density at radius 2 is 2.06 bits per heavy atom. The van der Waals surface area contributed by atoms with E-state index in [9.17, 15) is 0 Å². The third kappa shape index (κ3) is 1.44. The molecule has 0 saturated heterocycles. The van der Waals surface area contributed by atoms with Gasteiger partial charge in [-0.15, -0.1) is 0 Å². The number of ether oxygens (including phenoxy) is 1. The average molecular weight is 277 g/mol. The van der Waals surface area contributed by atoms with Crippen LogP contribution in [0.1, 0.15) is 25.3 Å². The SMILES string of the molecule is CC1=CC2c3ccc(Br)cc3OC2C(C)=C1. The molecule has 2 aliphatic rings. The highest BCUT2D eigenvalue weighted by Crippen LogP contribution is 2.45. The van der Waals surface area contributed by atoms with E-state index in [1.54, 1.807) is 0 Å². The lowest BCUT2D eigenvalue weighted by molar-refractivity contribution is 0.255. The van der Waals surface area contributed by atoms with Crippen molar-refractivity contribution in [2.75, 3.05) is 0 Å². The Hall–Kier alpha value is -1.02. The highest BCUT2D eigenvalue weighted by atomic mass is 79.9. The van der Waals surface area contributed by atoms with Crippen LogP contribution in [0.25, 0.3) is 0 Å². The number of benzene rings is 1.